The second kappa shape index (κ2) is 5.72. The maximum atomic E-state index is 11.7. The maximum absolute atomic E-state index is 11.7. The van der Waals surface area contributed by atoms with Crippen molar-refractivity contribution in [1.82, 2.24) is 9.55 Å². The van der Waals surface area contributed by atoms with E-state index in [0.29, 0.717) is 19.4 Å². The molecule has 1 aromatic rings. The van der Waals surface area contributed by atoms with Gasteiger partial charge in [-0.25, -0.2) is 4.98 Å². The van der Waals surface area contributed by atoms with E-state index in [-0.39, 0.29) is 23.1 Å². The summed E-state index contributed by atoms with van der Waals surface area (Å²) in [5, 5.41) is 8.68. The largest absolute Gasteiger partial charge is 0.489 e. The zero-order valence-corrected chi connectivity index (χ0v) is 9.20. The summed E-state index contributed by atoms with van der Waals surface area (Å²) in [5.41, 5.74) is -0.296. The van der Waals surface area contributed by atoms with Crippen LogP contribution in [0.25, 0.3) is 0 Å². The SMILES string of the molecule is COc1c(Cl)ncn(CCCCO)c1=O. The summed E-state index contributed by atoms with van der Waals surface area (Å²) in [6.45, 7) is 0.618. The van der Waals surface area contributed by atoms with Gasteiger partial charge in [-0.1, -0.05) is 11.6 Å². The van der Waals surface area contributed by atoms with Crippen molar-refractivity contribution in [1.29, 1.82) is 0 Å². The number of unbranched alkanes of at least 4 members (excludes halogenated alkanes) is 1. The van der Waals surface area contributed by atoms with Crippen molar-refractivity contribution in [3.05, 3.63) is 21.8 Å². The number of hydrogen-bond acceptors (Lipinski definition) is 4. The Bertz CT molecular complexity index is 378. The van der Waals surface area contributed by atoms with Gasteiger partial charge in [-0.05, 0) is 12.8 Å². The van der Waals surface area contributed by atoms with Gasteiger partial charge in [0.15, 0.2) is 5.15 Å². The van der Waals surface area contributed by atoms with Gasteiger partial charge < -0.3 is 9.84 Å². The summed E-state index contributed by atoms with van der Waals surface area (Å²) in [7, 11) is 1.38. The summed E-state index contributed by atoms with van der Waals surface area (Å²) in [5.74, 6) is 0.0585. The molecule has 0 radical (unpaired) electrons. The second-order valence-electron chi connectivity index (χ2n) is 3.00. The number of hydrogen-bond donors (Lipinski definition) is 1. The Hall–Kier alpha value is -1.07. The van der Waals surface area contributed by atoms with Gasteiger partial charge in [0.2, 0.25) is 5.75 Å². The summed E-state index contributed by atoms with van der Waals surface area (Å²) < 4.78 is 6.26. The van der Waals surface area contributed by atoms with Crippen molar-refractivity contribution in [3.8, 4) is 5.75 Å². The van der Waals surface area contributed by atoms with Gasteiger partial charge in [-0.3, -0.25) is 9.36 Å². The van der Waals surface area contributed by atoms with Crippen LogP contribution in [-0.2, 0) is 6.54 Å². The number of aryl methyl sites for hydroxylation is 1. The lowest BCUT2D eigenvalue weighted by atomic mass is 10.3. The third-order valence-corrected chi connectivity index (χ3v) is 2.23. The molecule has 6 heteroatoms. The van der Waals surface area contributed by atoms with Gasteiger partial charge in [0, 0.05) is 13.2 Å². The molecule has 5 nitrogen and oxygen atoms in total. The topological polar surface area (TPSA) is 64.3 Å². The molecule has 84 valence electrons. The average Bonchev–Trinajstić information content (AvgIpc) is 2.22. The van der Waals surface area contributed by atoms with E-state index in [4.69, 9.17) is 21.4 Å². The zero-order valence-electron chi connectivity index (χ0n) is 8.44. The third-order valence-electron chi connectivity index (χ3n) is 1.96. The lowest BCUT2D eigenvalue weighted by Crippen LogP contribution is -2.22. The van der Waals surface area contributed by atoms with Crippen molar-refractivity contribution in [2.75, 3.05) is 13.7 Å². The molecule has 0 spiro atoms. The predicted molar refractivity (Wildman–Crippen MR) is 56.4 cm³/mol. The Morgan fingerprint density at radius 3 is 2.93 bits per heavy atom. The number of halogens is 1. The van der Waals surface area contributed by atoms with E-state index in [1.807, 2.05) is 0 Å². The summed E-state index contributed by atoms with van der Waals surface area (Å²) in [6, 6.07) is 0. The highest BCUT2D eigenvalue weighted by Crippen LogP contribution is 2.14. The molecule has 1 heterocycles. The first-order valence-electron chi connectivity index (χ1n) is 4.60. The molecule has 0 amide bonds. The Kier molecular flexibility index (Phi) is 4.58. The van der Waals surface area contributed by atoms with E-state index >= 15 is 0 Å². The van der Waals surface area contributed by atoms with Crippen LogP contribution < -0.4 is 10.3 Å². The molecule has 0 saturated carbocycles. The summed E-state index contributed by atoms with van der Waals surface area (Å²) >= 11 is 5.67. The number of rotatable bonds is 5. The third kappa shape index (κ3) is 2.94. The van der Waals surface area contributed by atoms with Crippen LogP contribution in [0.1, 0.15) is 12.8 Å². The molecule has 0 aromatic carbocycles. The second-order valence-corrected chi connectivity index (χ2v) is 3.36. The number of aliphatic hydroxyl groups excluding tert-OH is 1. The standard InChI is InChI=1S/C9H13ClN2O3/c1-15-7-8(10)11-6-12(9(7)14)4-2-3-5-13/h6,13H,2-5H2,1H3. The highest BCUT2D eigenvalue weighted by atomic mass is 35.5. The van der Waals surface area contributed by atoms with Crippen LogP contribution >= 0.6 is 11.6 Å². The number of aliphatic hydroxyl groups is 1. The number of aromatic nitrogens is 2. The quantitative estimate of drug-likeness (QED) is 0.599. The van der Waals surface area contributed by atoms with E-state index in [1.165, 1.54) is 18.0 Å². The molecule has 0 saturated heterocycles. The Labute approximate surface area is 92.3 Å². The Morgan fingerprint density at radius 1 is 1.60 bits per heavy atom. The van der Waals surface area contributed by atoms with Crippen LogP contribution in [0.15, 0.2) is 11.1 Å². The first-order valence-corrected chi connectivity index (χ1v) is 4.98. The smallest absolute Gasteiger partial charge is 0.297 e. The van der Waals surface area contributed by atoms with E-state index in [0.717, 1.165) is 0 Å². The fraction of sp³-hybridized carbons (Fsp3) is 0.556. The molecule has 0 bridgehead atoms. The normalized spacial score (nSPS) is 10.3. The van der Waals surface area contributed by atoms with Crippen molar-refractivity contribution < 1.29 is 9.84 Å². The molecule has 0 aliphatic heterocycles. The van der Waals surface area contributed by atoms with Crippen LogP contribution in [0, 0.1) is 0 Å². The van der Waals surface area contributed by atoms with Crippen LogP contribution in [0.3, 0.4) is 0 Å². The van der Waals surface area contributed by atoms with Crippen LogP contribution in [0.4, 0.5) is 0 Å². The fourth-order valence-corrected chi connectivity index (χ4v) is 1.38. The minimum Gasteiger partial charge on any atom is -0.489 e. The van der Waals surface area contributed by atoms with Gasteiger partial charge in [-0.15, -0.1) is 0 Å². The Balaban J connectivity index is 2.86. The molecular formula is C9H13ClN2O3. The van der Waals surface area contributed by atoms with Crippen molar-refractivity contribution in [2.24, 2.45) is 0 Å². The average molecular weight is 233 g/mol. The van der Waals surface area contributed by atoms with Gasteiger partial charge in [0.25, 0.3) is 5.56 Å². The highest BCUT2D eigenvalue weighted by molar-refractivity contribution is 6.30. The molecule has 0 fully saturated rings. The van der Waals surface area contributed by atoms with Crippen LogP contribution in [-0.4, -0.2) is 28.4 Å². The predicted octanol–water partition coefficient (Wildman–Crippen LogP) is 0.678. The fourth-order valence-electron chi connectivity index (χ4n) is 1.17. The number of nitrogens with zero attached hydrogens (tertiary/aromatic N) is 2. The van der Waals surface area contributed by atoms with Crippen molar-refractivity contribution >= 4 is 11.6 Å². The first kappa shape index (κ1) is 12.0. The minimum atomic E-state index is -0.296. The van der Waals surface area contributed by atoms with Crippen LogP contribution in [0.2, 0.25) is 5.15 Å². The molecule has 1 rings (SSSR count). The molecular weight excluding hydrogens is 220 g/mol. The van der Waals surface area contributed by atoms with Crippen molar-refractivity contribution in [3.63, 3.8) is 0 Å². The monoisotopic (exact) mass is 232 g/mol. The highest BCUT2D eigenvalue weighted by Gasteiger charge is 2.09. The molecule has 1 N–H and O–H groups in total. The molecule has 0 atom stereocenters. The van der Waals surface area contributed by atoms with Crippen LogP contribution in [0.5, 0.6) is 5.75 Å². The lowest BCUT2D eigenvalue weighted by molar-refractivity contribution is 0.280. The maximum Gasteiger partial charge on any atom is 0.297 e. The molecule has 0 aliphatic carbocycles. The molecule has 15 heavy (non-hydrogen) atoms. The Morgan fingerprint density at radius 2 is 2.33 bits per heavy atom. The summed E-state index contributed by atoms with van der Waals surface area (Å²) in [4.78, 5) is 15.5. The van der Waals surface area contributed by atoms with Gasteiger partial charge >= 0.3 is 0 Å². The number of methoxy groups -OCH3 is 1. The van der Waals surface area contributed by atoms with E-state index in [9.17, 15) is 4.79 Å². The van der Waals surface area contributed by atoms with Gasteiger partial charge in [-0.2, -0.15) is 0 Å². The zero-order chi connectivity index (χ0) is 11.3. The first-order chi connectivity index (χ1) is 7.20. The summed E-state index contributed by atoms with van der Waals surface area (Å²) in [6.07, 6.45) is 2.74. The van der Waals surface area contributed by atoms with E-state index in [2.05, 4.69) is 4.98 Å². The molecule has 0 unspecified atom stereocenters. The van der Waals surface area contributed by atoms with Gasteiger partial charge in [0.05, 0.1) is 13.4 Å². The molecule has 0 aliphatic rings. The number of ether oxygens (including phenoxy) is 1. The van der Waals surface area contributed by atoms with E-state index < -0.39 is 0 Å². The van der Waals surface area contributed by atoms with Gasteiger partial charge in [0.1, 0.15) is 0 Å². The van der Waals surface area contributed by atoms with E-state index in [1.54, 1.807) is 0 Å². The van der Waals surface area contributed by atoms with Crippen molar-refractivity contribution in [2.45, 2.75) is 19.4 Å². The minimum absolute atomic E-state index is 0.0585. The molecule has 1 aromatic heterocycles. The lowest BCUT2D eigenvalue weighted by Gasteiger charge is -2.07.